The molecule has 1 heteroatoms. The maximum absolute atomic E-state index is 6.06. The second-order valence-corrected chi connectivity index (χ2v) is 12.8. The lowest BCUT2D eigenvalue weighted by Gasteiger charge is -2.37. The van der Waals surface area contributed by atoms with Crippen LogP contribution in [0.5, 0.6) is 5.75 Å². The quantitative estimate of drug-likeness (QED) is 0.208. The van der Waals surface area contributed by atoms with Gasteiger partial charge in [-0.15, -0.1) is 0 Å². The van der Waals surface area contributed by atoms with Crippen molar-refractivity contribution in [3.63, 3.8) is 0 Å². The molecule has 1 aromatic carbocycles. The molecule has 3 aliphatic carbocycles. The van der Waals surface area contributed by atoms with Gasteiger partial charge < -0.3 is 4.74 Å². The Kier molecular flexibility index (Phi) is 11.8. The molecule has 0 atom stereocenters. The normalized spacial score (nSPS) is 31.5. The molecule has 0 spiro atoms. The van der Waals surface area contributed by atoms with E-state index in [4.69, 9.17) is 4.74 Å². The standard InChI is InChI=1S/C35H56O/c1-3-5-6-9-29-13-19-31(20-14-29)32-21-15-30(16-22-32)10-7-27-36-35-25-23-34(24-26-35)33-17-11-28(8-4-2)12-18-33/h7,10,23-26,28-33H,3-6,8-9,11-22,27H2,1-2H3. The van der Waals surface area contributed by atoms with Crippen molar-refractivity contribution in [3.05, 3.63) is 42.0 Å². The van der Waals surface area contributed by atoms with Gasteiger partial charge in [-0.2, -0.15) is 0 Å². The number of unbranched alkanes of at least 4 members (excludes halogenated alkanes) is 2. The minimum atomic E-state index is 0.712. The van der Waals surface area contributed by atoms with Gasteiger partial charge in [0.05, 0.1) is 0 Å². The molecule has 0 heterocycles. The van der Waals surface area contributed by atoms with Gasteiger partial charge in [0.15, 0.2) is 0 Å². The van der Waals surface area contributed by atoms with Crippen LogP contribution in [0.15, 0.2) is 36.4 Å². The summed E-state index contributed by atoms with van der Waals surface area (Å²) in [4.78, 5) is 0. The molecule has 36 heavy (non-hydrogen) atoms. The number of benzene rings is 1. The lowest BCUT2D eigenvalue weighted by atomic mass is 9.68. The monoisotopic (exact) mass is 492 g/mol. The molecule has 0 N–H and O–H groups in total. The fraction of sp³-hybridized carbons (Fsp3) is 0.771. The Labute approximate surface area is 223 Å². The molecular formula is C35H56O. The highest BCUT2D eigenvalue weighted by molar-refractivity contribution is 5.30. The van der Waals surface area contributed by atoms with E-state index in [1.54, 1.807) is 0 Å². The SMILES string of the molecule is CCCCCC1CCC(C2CCC(C=CCOc3ccc(C4CCC(CCC)CC4)cc3)CC2)CC1. The van der Waals surface area contributed by atoms with Crippen molar-refractivity contribution in [2.24, 2.45) is 29.6 Å². The summed E-state index contributed by atoms with van der Waals surface area (Å²) in [5.74, 6) is 6.66. The van der Waals surface area contributed by atoms with Gasteiger partial charge in [0.25, 0.3) is 0 Å². The van der Waals surface area contributed by atoms with Crippen LogP contribution in [0.4, 0.5) is 0 Å². The predicted octanol–water partition coefficient (Wildman–Crippen LogP) is 10.9. The molecule has 3 aliphatic rings. The second-order valence-electron chi connectivity index (χ2n) is 12.8. The zero-order valence-electron chi connectivity index (χ0n) is 23.8. The van der Waals surface area contributed by atoms with Crippen molar-refractivity contribution in [2.45, 2.75) is 135 Å². The molecule has 0 bridgehead atoms. The van der Waals surface area contributed by atoms with Crippen LogP contribution in [0.25, 0.3) is 0 Å². The molecule has 1 nitrogen and oxygen atoms in total. The van der Waals surface area contributed by atoms with Crippen molar-refractivity contribution in [1.29, 1.82) is 0 Å². The van der Waals surface area contributed by atoms with E-state index in [2.05, 4.69) is 50.3 Å². The van der Waals surface area contributed by atoms with Gasteiger partial charge in [0.1, 0.15) is 12.4 Å². The third-order valence-electron chi connectivity index (χ3n) is 10.2. The van der Waals surface area contributed by atoms with Gasteiger partial charge in [-0.05, 0) is 117 Å². The summed E-state index contributed by atoms with van der Waals surface area (Å²) in [5, 5.41) is 0. The summed E-state index contributed by atoms with van der Waals surface area (Å²) >= 11 is 0. The summed E-state index contributed by atoms with van der Waals surface area (Å²) in [6.45, 7) is 5.36. The van der Waals surface area contributed by atoms with Crippen molar-refractivity contribution in [3.8, 4) is 5.75 Å². The van der Waals surface area contributed by atoms with E-state index in [-0.39, 0.29) is 0 Å². The Hall–Kier alpha value is -1.24. The minimum Gasteiger partial charge on any atom is -0.490 e. The number of rotatable bonds is 12. The third-order valence-corrected chi connectivity index (χ3v) is 10.2. The lowest BCUT2D eigenvalue weighted by Crippen LogP contribution is -2.25. The van der Waals surface area contributed by atoms with Gasteiger partial charge in [0, 0.05) is 0 Å². The molecule has 0 aliphatic heterocycles. The van der Waals surface area contributed by atoms with Gasteiger partial charge in [-0.3, -0.25) is 0 Å². The third kappa shape index (κ3) is 8.66. The summed E-state index contributed by atoms with van der Waals surface area (Å²) in [6, 6.07) is 9.05. The first kappa shape index (κ1) is 27.8. The molecule has 0 amide bonds. The van der Waals surface area contributed by atoms with Crippen LogP contribution >= 0.6 is 0 Å². The van der Waals surface area contributed by atoms with Crippen LogP contribution in [0, 0.1) is 29.6 Å². The molecule has 202 valence electrons. The van der Waals surface area contributed by atoms with Crippen LogP contribution < -0.4 is 4.74 Å². The number of hydrogen-bond acceptors (Lipinski definition) is 1. The van der Waals surface area contributed by atoms with E-state index >= 15 is 0 Å². The predicted molar refractivity (Wildman–Crippen MR) is 156 cm³/mol. The van der Waals surface area contributed by atoms with Crippen molar-refractivity contribution in [2.75, 3.05) is 6.61 Å². The minimum absolute atomic E-state index is 0.712. The van der Waals surface area contributed by atoms with Crippen LogP contribution in [-0.4, -0.2) is 6.61 Å². The largest absolute Gasteiger partial charge is 0.490 e. The van der Waals surface area contributed by atoms with E-state index in [0.717, 1.165) is 41.3 Å². The Morgan fingerprint density at radius 3 is 1.92 bits per heavy atom. The molecule has 3 fully saturated rings. The van der Waals surface area contributed by atoms with Gasteiger partial charge in [-0.25, -0.2) is 0 Å². The Bertz CT molecular complexity index is 724. The van der Waals surface area contributed by atoms with Crippen LogP contribution in [0.3, 0.4) is 0 Å². The zero-order valence-corrected chi connectivity index (χ0v) is 23.8. The Morgan fingerprint density at radius 2 is 1.28 bits per heavy atom. The first-order valence-corrected chi connectivity index (χ1v) is 16.1. The highest BCUT2D eigenvalue weighted by atomic mass is 16.5. The lowest BCUT2D eigenvalue weighted by molar-refractivity contribution is 0.151. The average Bonchev–Trinajstić information content (AvgIpc) is 2.93. The molecule has 0 aromatic heterocycles. The fourth-order valence-electron chi connectivity index (χ4n) is 7.86. The first-order chi connectivity index (χ1) is 17.7. The summed E-state index contributed by atoms with van der Waals surface area (Å²) in [7, 11) is 0. The first-order valence-electron chi connectivity index (χ1n) is 16.1. The van der Waals surface area contributed by atoms with Crippen molar-refractivity contribution >= 4 is 0 Å². The summed E-state index contributed by atoms with van der Waals surface area (Å²) < 4.78 is 6.06. The van der Waals surface area contributed by atoms with E-state index in [0.29, 0.717) is 6.61 Å². The molecular weight excluding hydrogens is 436 g/mol. The number of ether oxygens (including phenoxy) is 1. The Morgan fingerprint density at radius 1 is 0.667 bits per heavy atom. The van der Waals surface area contributed by atoms with Crippen LogP contribution in [0.2, 0.25) is 0 Å². The molecule has 0 saturated heterocycles. The molecule has 3 saturated carbocycles. The van der Waals surface area contributed by atoms with Gasteiger partial charge in [-0.1, -0.05) is 89.5 Å². The topological polar surface area (TPSA) is 9.23 Å². The summed E-state index contributed by atoms with van der Waals surface area (Å²) in [6.07, 6.45) is 30.7. The van der Waals surface area contributed by atoms with E-state index in [1.165, 1.54) is 121 Å². The summed E-state index contributed by atoms with van der Waals surface area (Å²) in [5.41, 5.74) is 1.52. The van der Waals surface area contributed by atoms with Crippen molar-refractivity contribution in [1.82, 2.24) is 0 Å². The number of allylic oxidation sites excluding steroid dienone is 1. The highest BCUT2D eigenvalue weighted by Crippen LogP contribution is 2.42. The van der Waals surface area contributed by atoms with Crippen molar-refractivity contribution < 1.29 is 4.74 Å². The molecule has 0 radical (unpaired) electrons. The fourth-order valence-corrected chi connectivity index (χ4v) is 7.86. The smallest absolute Gasteiger partial charge is 0.119 e. The average molecular weight is 493 g/mol. The maximum Gasteiger partial charge on any atom is 0.119 e. The maximum atomic E-state index is 6.06. The Balaban J connectivity index is 1.09. The van der Waals surface area contributed by atoms with E-state index in [1.807, 2.05) is 0 Å². The molecule has 0 unspecified atom stereocenters. The second kappa shape index (κ2) is 15.2. The van der Waals surface area contributed by atoms with Crippen LogP contribution in [-0.2, 0) is 0 Å². The zero-order chi connectivity index (χ0) is 25.0. The van der Waals surface area contributed by atoms with E-state index in [9.17, 15) is 0 Å². The highest BCUT2D eigenvalue weighted by Gasteiger charge is 2.30. The van der Waals surface area contributed by atoms with Crippen LogP contribution in [0.1, 0.15) is 141 Å². The molecule has 1 aromatic rings. The van der Waals surface area contributed by atoms with E-state index < -0.39 is 0 Å². The van der Waals surface area contributed by atoms with Gasteiger partial charge in [0.2, 0.25) is 0 Å². The molecule has 4 rings (SSSR count). The number of hydrogen-bond donors (Lipinski definition) is 0. The van der Waals surface area contributed by atoms with Gasteiger partial charge >= 0.3 is 0 Å².